The van der Waals surface area contributed by atoms with Crippen LogP contribution in [0.25, 0.3) is 0 Å². The first-order valence-electron chi connectivity index (χ1n) is 34.0. The maximum Gasteiger partial charge on any atom is 0.517 e. The number of quaternary nitrogens is 2. The number of hydrogen-bond acceptors (Lipinski definition) is 3. The van der Waals surface area contributed by atoms with Crippen molar-refractivity contribution in [3.8, 4) is 0 Å². The molecule has 0 N–H and O–H groups in total. The predicted molar refractivity (Wildman–Crippen MR) is 321 cm³/mol. The number of rotatable bonds is 60. The highest BCUT2D eigenvalue weighted by molar-refractivity contribution is 5.60. The molecule has 0 spiro atoms. The molecule has 2 unspecified atom stereocenters. The van der Waals surface area contributed by atoms with Crippen molar-refractivity contribution in [1.82, 2.24) is 0 Å². The van der Waals surface area contributed by atoms with Gasteiger partial charge in [-0.25, -0.2) is 4.79 Å². The van der Waals surface area contributed by atoms with Crippen LogP contribution >= 0.6 is 0 Å². The van der Waals surface area contributed by atoms with Gasteiger partial charge >= 0.3 is 6.16 Å². The van der Waals surface area contributed by atoms with Gasteiger partial charge in [0.05, 0.1) is 39.3 Å². The minimum atomic E-state index is -0.320. The van der Waals surface area contributed by atoms with E-state index in [1.807, 2.05) is 0 Å². The summed E-state index contributed by atoms with van der Waals surface area (Å²) in [5.41, 5.74) is 0. The molecular formula is C67H138N2O3+2. The van der Waals surface area contributed by atoms with Gasteiger partial charge in [-0.15, -0.1) is 0 Å². The van der Waals surface area contributed by atoms with Crippen molar-refractivity contribution in [2.24, 2.45) is 0 Å². The number of carbonyl (C=O) groups excluding carboxylic acids is 1. The summed E-state index contributed by atoms with van der Waals surface area (Å²) in [5, 5.41) is 0. The summed E-state index contributed by atoms with van der Waals surface area (Å²) >= 11 is 0. The van der Waals surface area contributed by atoms with Crippen LogP contribution in [0.15, 0.2) is 0 Å². The molecule has 0 amide bonds. The van der Waals surface area contributed by atoms with Crippen molar-refractivity contribution in [1.29, 1.82) is 0 Å². The molecular weight excluding hydrogens is 881 g/mol. The van der Waals surface area contributed by atoms with Gasteiger partial charge in [-0.3, -0.25) is 8.97 Å². The zero-order valence-corrected chi connectivity index (χ0v) is 51.4. The zero-order chi connectivity index (χ0) is 52.7. The van der Waals surface area contributed by atoms with Gasteiger partial charge < -0.3 is 9.47 Å². The van der Waals surface area contributed by atoms with Crippen LogP contribution in [0.4, 0.5) is 4.79 Å². The van der Waals surface area contributed by atoms with Gasteiger partial charge in [0.1, 0.15) is 0 Å². The van der Waals surface area contributed by atoms with E-state index in [1.54, 1.807) is 0 Å². The quantitative estimate of drug-likeness (QED) is 0.0264. The minimum Gasteiger partial charge on any atom is -0.381 e. The third kappa shape index (κ3) is 40.4. The maximum absolute atomic E-state index is 15.2. The Hall–Kier alpha value is -0.810. The second-order valence-electron chi connectivity index (χ2n) is 23.9. The molecule has 72 heavy (non-hydrogen) atoms. The zero-order valence-electron chi connectivity index (χ0n) is 51.4. The Morgan fingerprint density at radius 2 is 0.389 bits per heavy atom. The Kier molecular flexibility index (Phi) is 54.3. The molecule has 0 heterocycles. The van der Waals surface area contributed by atoms with Crippen molar-refractivity contribution in [3.05, 3.63) is 0 Å². The fourth-order valence-electron chi connectivity index (χ4n) is 12.1. The molecule has 0 aliphatic rings. The Morgan fingerprint density at radius 1 is 0.236 bits per heavy atom. The molecule has 0 radical (unpaired) electrons. The van der Waals surface area contributed by atoms with E-state index in [0.717, 1.165) is 73.9 Å². The van der Waals surface area contributed by atoms with Crippen molar-refractivity contribution in [2.75, 3.05) is 39.3 Å². The summed E-state index contributed by atoms with van der Waals surface area (Å²) < 4.78 is 16.3. The topological polar surface area (TPSA) is 35.5 Å². The molecule has 0 rings (SSSR count). The molecule has 2 atom stereocenters. The fourth-order valence-corrected chi connectivity index (χ4v) is 12.1. The lowest BCUT2D eigenvalue weighted by Crippen LogP contribution is -2.60. The van der Waals surface area contributed by atoms with E-state index < -0.39 is 0 Å². The fraction of sp³-hybridized carbons (Fsp3) is 0.985. The molecule has 0 aromatic rings. The molecule has 0 bridgehead atoms. The second-order valence-corrected chi connectivity index (χ2v) is 23.9. The van der Waals surface area contributed by atoms with Crippen molar-refractivity contribution in [3.63, 3.8) is 0 Å². The number of ether oxygens (including phenoxy) is 2. The third-order valence-corrected chi connectivity index (χ3v) is 17.0. The van der Waals surface area contributed by atoms with Crippen molar-refractivity contribution in [2.45, 2.75) is 389 Å². The van der Waals surface area contributed by atoms with Crippen LogP contribution in [0.1, 0.15) is 376 Å². The Bertz CT molecular complexity index is 923. The van der Waals surface area contributed by atoms with E-state index in [0.29, 0.717) is 0 Å². The Morgan fingerprint density at radius 3 is 0.569 bits per heavy atom. The molecule has 5 heteroatoms. The van der Waals surface area contributed by atoms with Crippen LogP contribution in [0.5, 0.6) is 0 Å². The van der Waals surface area contributed by atoms with Gasteiger partial charge in [0.2, 0.25) is 12.5 Å². The number of hydrogen-bond donors (Lipinski definition) is 0. The first kappa shape index (κ1) is 71.2. The lowest BCUT2D eigenvalue weighted by atomic mass is 10.0. The summed E-state index contributed by atoms with van der Waals surface area (Å²) in [6.45, 7) is 25.5. The van der Waals surface area contributed by atoms with E-state index in [9.17, 15) is 0 Å². The largest absolute Gasteiger partial charge is 0.517 e. The number of nitrogens with zero attached hydrogens (tertiary/aromatic N) is 2. The SMILES string of the molecule is CCCCCCCCCCCCCCC(OC(=O)OC(CCCCCCCCCCCCCC)[N+](CCCCCC)(CCCCCC)CCCCCC)[N+](CCCCCC)(CCCCCC)CCCCCC. The van der Waals surface area contributed by atoms with E-state index in [2.05, 4.69) is 55.4 Å². The van der Waals surface area contributed by atoms with Gasteiger partial charge in [0.25, 0.3) is 0 Å². The van der Waals surface area contributed by atoms with Gasteiger partial charge in [0, 0.05) is 12.8 Å². The predicted octanol–water partition coefficient (Wildman–Crippen LogP) is 23.1. The molecule has 5 nitrogen and oxygen atoms in total. The van der Waals surface area contributed by atoms with Gasteiger partial charge in [-0.2, -0.15) is 0 Å². The molecule has 0 fully saturated rings. The molecule has 432 valence electrons. The van der Waals surface area contributed by atoms with Crippen LogP contribution < -0.4 is 0 Å². The third-order valence-electron chi connectivity index (χ3n) is 17.0. The summed E-state index contributed by atoms with van der Waals surface area (Å²) in [5.74, 6) is 0. The highest BCUT2D eigenvalue weighted by Crippen LogP contribution is 2.31. The Labute approximate surface area is 455 Å². The minimum absolute atomic E-state index is 0.113. The maximum atomic E-state index is 15.2. The van der Waals surface area contributed by atoms with Crippen LogP contribution in [0.3, 0.4) is 0 Å². The highest BCUT2D eigenvalue weighted by atomic mass is 16.7. The average molecular weight is 1020 g/mol. The number of unbranched alkanes of at least 4 members (excludes halogenated alkanes) is 40. The average Bonchev–Trinajstić information content (AvgIpc) is 3.38. The first-order chi connectivity index (χ1) is 35.4. The molecule has 0 aromatic carbocycles. The molecule has 0 saturated carbocycles. The highest BCUT2D eigenvalue weighted by Gasteiger charge is 2.42. The molecule has 0 aliphatic carbocycles. The normalized spacial score (nSPS) is 13.0. The van der Waals surface area contributed by atoms with E-state index in [1.165, 1.54) is 295 Å². The van der Waals surface area contributed by atoms with Gasteiger partial charge in [-0.1, -0.05) is 274 Å². The summed E-state index contributed by atoms with van der Waals surface area (Å²) in [7, 11) is 0. The van der Waals surface area contributed by atoms with Crippen molar-refractivity contribution < 1.29 is 23.2 Å². The van der Waals surface area contributed by atoms with Crippen molar-refractivity contribution >= 4 is 6.16 Å². The lowest BCUT2D eigenvalue weighted by Gasteiger charge is -2.46. The summed E-state index contributed by atoms with van der Waals surface area (Å²) in [6.07, 6.45) is 64.3. The standard InChI is InChI=1S/C67H138N2O3/c1-9-17-25-33-35-37-39-41-43-45-47-49-57-65(68(59-51-27-19-11-3,60-52-28-20-12-4)61-53-29-21-13-5)71-67(70)72-66(58-50-48-46-44-42-40-38-36-34-26-18-10-2)69(62-54-30-22-14-6,63-55-31-23-15-7)64-56-32-24-16-8/h65-66H,9-64H2,1-8H3/q+2. The summed E-state index contributed by atoms with van der Waals surface area (Å²) in [6, 6.07) is 0. The van der Waals surface area contributed by atoms with Gasteiger partial charge in [-0.05, 0) is 89.9 Å². The lowest BCUT2D eigenvalue weighted by molar-refractivity contribution is -0.974. The smallest absolute Gasteiger partial charge is 0.381 e. The van der Waals surface area contributed by atoms with E-state index in [-0.39, 0.29) is 18.6 Å². The molecule has 0 aliphatic heterocycles. The molecule has 0 saturated heterocycles. The Balaban J connectivity index is 6.89. The van der Waals surface area contributed by atoms with Gasteiger partial charge in [0.15, 0.2) is 0 Å². The second kappa shape index (κ2) is 55.0. The van der Waals surface area contributed by atoms with Crippen LogP contribution in [-0.2, 0) is 9.47 Å². The van der Waals surface area contributed by atoms with Crippen LogP contribution in [-0.4, -0.2) is 66.8 Å². The van der Waals surface area contributed by atoms with Crippen LogP contribution in [0, 0.1) is 0 Å². The monoisotopic (exact) mass is 1020 g/mol. The number of carbonyl (C=O) groups is 1. The molecule has 0 aromatic heterocycles. The first-order valence-corrected chi connectivity index (χ1v) is 34.0. The van der Waals surface area contributed by atoms with Crippen LogP contribution in [0.2, 0.25) is 0 Å². The van der Waals surface area contributed by atoms with E-state index in [4.69, 9.17) is 9.47 Å². The van der Waals surface area contributed by atoms with E-state index >= 15 is 4.79 Å². The summed E-state index contributed by atoms with van der Waals surface area (Å²) in [4.78, 5) is 15.2.